The molecule has 16 nitrogen and oxygen atoms in total. The van der Waals surface area contributed by atoms with E-state index in [9.17, 15) is 53.8 Å². The minimum atomic E-state index is -4.90. The van der Waals surface area contributed by atoms with Gasteiger partial charge in [-0.3, -0.25) is 4.55 Å². The fourth-order valence-corrected chi connectivity index (χ4v) is 12.6. The van der Waals surface area contributed by atoms with E-state index >= 15 is 0 Å². The van der Waals surface area contributed by atoms with Crippen LogP contribution in [0.3, 0.4) is 0 Å². The van der Waals surface area contributed by atoms with Crippen molar-refractivity contribution in [1.29, 1.82) is 0 Å². The van der Waals surface area contributed by atoms with Gasteiger partial charge in [0.15, 0.2) is 12.6 Å². The Morgan fingerprint density at radius 2 is 1.37 bits per heavy atom. The maximum Gasteiger partial charge on any atom is 0.397 e. The summed E-state index contributed by atoms with van der Waals surface area (Å²) in [5.74, 6) is -1.51. The van der Waals surface area contributed by atoms with Crippen molar-refractivity contribution in [2.75, 3.05) is 13.2 Å². The molecule has 6 rings (SSSR count). The Morgan fingerprint density at radius 1 is 0.778 bits per heavy atom. The van der Waals surface area contributed by atoms with E-state index in [1.165, 1.54) is 0 Å². The van der Waals surface area contributed by atoms with Gasteiger partial charge in [0.2, 0.25) is 0 Å². The van der Waals surface area contributed by atoms with Crippen LogP contribution in [0, 0.1) is 46.3 Å². The topological polar surface area (TPSA) is 262 Å². The molecular weight excluding hydrogens is 732 g/mol. The van der Waals surface area contributed by atoms with Crippen LogP contribution in [-0.4, -0.2) is 146 Å². The molecule has 0 bridgehead atoms. The maximum atomic E-state index is 13.0. The summed E-state index contributed by atoms with van der Waals surface area (Å²) in [6, 6.07) is 0. The number of fused-ring (bicyclic) bond motifs is 5. The molecule has 6 aliphatic rings. The molecule has 54 heavy (non-hydrogen) atoms. The van der Waals surface area contributed by atoms with Crippen molar-refractivity contribution in [2.45, 2.75) is 172 Å². The number of hydrogen-bond donors (Lipinski definition) is 9. The largest absolute Gasteiger partial charge is 0.397 e. The van der Waals surface area contributed by atoms with E-state index in [2.05, 4.69) is 20.8 Å². The van der Waals surface area contributed by atoms with E-state index in [0.29, 0.717) is 44.9 Å². The Kier molecular flexibility index (Phi) is 12.6. The first-order chi connectivity index (χ1) is 25.1. The molecule has 0 aromatic carbocycles. The van der Waals surface area contributed by atoms with Crippen molar-refractivity contribution in [1.82, 2.24) is 0 Å². The number of ether oxygens (including phenoxy) is 4. The molecule has 9 N–H and O–H groups in total. The number of aliphatic hydroxyl groups is 8. The zero-order chi connectivity index (χ0) is 39.7. The molecule has 2 heterocycles. The molecule has 2 saturated heterocycles. The second-order valence-electron chi connectivity index (χ2n) is 18.4. The van der Waals surface area contributed by atoms with Crippen LogP contribution < -0.4 is 0 Å². The summed E-state index contributed by atoms with van der Waals surface area (Å²) < 4.78 is 63.3. The SMILES string of the molecule is CC(C)[C@H](CC[C@@H](C)[C@H]1C[C@H](OS(=O)(=O)O)[C@@H]2[C@]1(C)CC[C@@H]1[C@@]3(C)CC[C@H](O[C@@H]4OC[C@@H](O)[C@H](O)[C@H]4O)C[C@@H]3[C@H](O)C[C@]12O)O[C@@H]1OC[C@H](O)[C@H](O)[C@@H]1O. The summed E-state index contributed by atoms with van der Waals surface area (Å²) in [6.07, 6.45) is -9.06. The first kappa shape index (κ1) is 43.0. The lowest BCUT2D eigenvalue weighted by molar-refractivity contribution is -0.299. The lowest BCUT2D eigenvalue weighted by Crippen LogP contribution is -2.69. The molecule has 0 aromatic heterocycles. The Morgan fingerprint density at radius 3 is 1.98 bits per heavy atom. The summed E-state index contributed by atoms with van der Waals surface area (Å²) in [5.41, 5.74) is -2.72. The van der Waals surface area contributed by atoms with Crippen LogP contribution in [0.1, 0.15) is 92.4 Å². The average molecular weight is 797 g/mol. The first-order valence-corrected chi connectivity index (χ1v) is 21.2. The van der Waals surface area contributed by atoms with Gasteiger partial charge in [0.1, 0.15) is 36.6 Å². The summed E-state index contributed by atoms with van der Waals surface area (Å²) in [7, 11) is -4.90. The normalized spacial score (nSPS) is 50.9. The molecule has 6 fully saturated rings. The Hall–Kier alpha value is -0.610. The highest BCUT2D eigenvalue weighted by Gasteiger charge is 2.71. The number of rotatable bonds is 11. The molecule has 2 aliphatic heterocycles. The van der Waals surface area contributed by atoms with Crippen LogP contribution in [0.4, 0.5) is 0 Å². The highest BCUT2D eigenvalue weighted by Crippen LogP contribution is 2.70. The van der Waals surface area contributed by atoms with Gasteiger partial charge in [-0.15, -0.1) is 0 Å². The van der Waals surface area contributed by atoms with Gasteiger partial charge in [-0.05, 0) is 91.8 Å². The van der Waals surface area contributed by atoms with Crippen molar-refractivity contribution < 1.29 is 77.0 Å². The van der Waals surface area contributed by atoms with Crippen molar-refractivity contribution >= 4 is 10.4 Å². The minimum Gasteiger partial charge on any atom is -0.393 e. The smallest absolute Gasteiger partial charge is 0.393 e. The molecule has 4 saturated carbocycles. The zero-order valence-electron chi connectivity index (χ0n) is 32.0. The second-order valence-corrected chi connectivity index (χ2v) is 19.4. The third-order valence-corrected chi connectivity index (χ3v) is 15.3. The van der Waals surface area contributed by atoms with E-state index in [-0.39, 0.29) is 61.7 Å². The summed E-state index contributed by atoms with van der Waals surface area (Å²) in [6.45, 7) is 9.77. The van der Waals surface area contributed by atoms with E-state index in [1.54, 1.807) is 0 Å². The average Bonchev–Trinajstić information content (AvgIpc) is 3.38. The molecule has 0 unspecified atom stereocenters. The van der Waals surface area contributed by atoms with Gasteiger partial charge in [0.05, 0.1) is 43.2 Å². The van der Waals surface area contributed by atoms with Crippen molar-refractivity contribution in [2.24, 2.45) is 46.3 Å². The predicted molar refractivity (Wildman–Crippen MR) is 188 cm³/mol. The van der Waals surface area contributed by atoms with Gasteiger partial charge < -0.3 is 59.8 Å². The van der Waals surface area contributed by atoms with Crippen molar-refractivity contribution in [3.05, 3.63) is 0 Å². The van der Waals surface area contributed by atoms with Crippen molar-refractivity contribution in [3.8, 4) is 0 Å². The fourth-order valence-electron chi connectivity index (χ4n) is 12.1. The number of aliphatic hydroxyl groups excluding tert-OH is 7. The van der Waals surface area contributed by atoms with Gasteiger partial charge >= 0.3 is 10.4 Å². The Balaban J connectivity index is 1.19. The summed E-state index contributed by atoms with van der Waals surface area (Å²) in [5, 5.41) is 85.8. The molecule has 0 radical (unpaired) electrons. The number of hydrogen-bond acceptors (Lipinski definition) is 15. The Labute approximate surface area is 318 Å². The van der Waals surface area contributed by atoms with E-state index in [1.807, 2.05) is 13.8 Å². The summed E-state index contributed by atoms with van der Waals surface area (Å²) >= 11 is 0. The lowest BCUT2D eigenvalue weighted by Gasteiger charge is -2.66. The van der Waals surface area contributed by atoms with Crippen LogP contribution >= 0.6 is 0 Å². The second kappa shape index (κ2) is 15.9. The zero-order valence-corrected chi connectivity index (χ0v) is 32.8. The highest BCUT2D eigenvalue weighted by molar-refractivity contribution is 7.80. The highest BCUT2D eigenvalue weighted by atomic mass is 32.3. The molecule has 0 spiro atoms. The van der Waals surface area contributed by atoms with Gasteiger partial charge in [0, 0.05) is 12.3 Å². The van der Waals surface area contributed by atoms with E-state index in [0.717, 1.165) is 0 Å². The van der Waals surface area contributed by atoms with Crippen molar-refractivity contribution in [3.63, 3.8) is 0 Å². The molecular formula is C37H64O16S. The summed E-state index contributed by atoms with van der Waals surface area (Å²) in [4.78, 5) is 0. The molecule has 0 aromatic rings. The van der Waals surface area contributed by atoms with Gasteiger partial charge in [0.25, 0.3) is 0 Å². The van der Waals surface area contributed by atoms with Gasteiger partial charge in [-0.1, -0.05) is 34.6 Å². The van der Waals surface area contributed by atoms with E-state index < -0.39 is 100 Å². The van der Waals surface area contributed by atoms with Gasteiger partial charge in [-0.2, -0.15) is 8.42 Å². The third kappa shape index (κ3) is 7.92. The van der Waals surface area contributed by atoms with Crippen LogP contribution in [0.5, 0.6) is 0 Å². The standard InChI is InChI=1S/C37H64O16S/c1-17(2)25(52-34-31(44)29(42)24(40)16-50-34)7-6-18(3)20-13-26(53-54(46,47)48)32-36(20,5)11-9-27-35(4)10-8-19(12-21(35)22(38)14-37(27,32)45)51-33-30(43)28(41)23(39)15-49-33/h17-34,38-45H,6-16H2,1-5H3,(H,46,47,48)/t18-,19+,20-,21-,22-,23-,24+,25+,26+,27-,28+,29+,30-,31+,32-,33+,34+,35+,36-,37+/m1/s1. The van der Waals surface area contributed by atoms with Gasteiger partial charge in [-0.25, -0.2) is 4.18 Å². The molecule has 17 heteroatoms. The van der Waals surface area contributed by atoms with Crippen LogP contribution in [0.25, 0.3) is 0 Å². The third-order valence-electron chi connectivity index (χ3n) is 14.8. The van der Waals surface area contributed by atoms with E-state index in [4.69, 9.17) is 23.1 Å². The first-order valence-electron chi connectivity index (χ1n) is 19.8. The van der Waals surface area contributed by atoms with Crippen LogP contribution in [-0.2, 0) is 33.5 Å². The van der Waals surface area contributed by atoms with Crippen LogP contribution in [0.15, 0.2) is 0 Å². The quantitative estimate of drug-likeness (QED) is 0.100. The molecule has 20 atom stereocenters. The minimum absolute atomic E-state index is 0.00771. The maximum absolute atomic E-state index is 13.0. The van der Waals surface area contributed by atoms with Crippen LogP contribution in [0.2, 0.25) is 0 Å². The predicted octanol–water partition coefficient (Wildman–Crippen LogP) is 0.250. The Bertz CT molecular complexity index is 1400. The monoisotopic (exact) mass is 796 g/mol. The molecule has 4 aliphatic carbocycles. The lowest BCUT2D eigenvalue weighted by atomic mass is 9.42. The fraction of sp³-hybridized carbons (Fsp3) is 1.00. The molecule has 314 valence electrons. The molecule has 0 amide bonds.